The van der Waals surface area contributed by atoms with E-state index in [4.69, 9.17) is 9.47 Å². The van der Waals surface area contributed by atoms with Crippen LogP contribution in [0.5, 0.6) is 5.75 Å². The predicted octanol–water partition coefficient (Wildman–Crippen LogP) is 2.78. The Labute approximate surface area is 119 Å². The largest absolute Gasteiger partial charge is 0.497 e. The van der Waals surface area contributed by atoms with Crippen molar-refractivity contribution in [1.82, 2.24) is 0 Å². The van der Waals surface area contributed by atoms with Gasteiger partial charge in [0.15, 0.2) is 5.78 Å². The van der Waals surface area contributed by atoms with E-state index < -0.39 is 11.4 Å². The number of ketones is 1. The maximum atomic E-state index is 12.8. The number of rotatable bonds is 4. The third-order valence-electron chi connectivity index (χ3n) is 4.09. The van der Waals surface area contributed by atoms with Crippen molar-refractivity contribution in [3.63, 3.8) is 0 Å². The number of benzene rings is 1. The number of carbonyl (C=O) groups is 2. The van der Waals surface area contributed by atoms with Crippen LogP contribution in [0.25, 0.3) is 0 Å². The van der Waals surface area contributed by atoms with Gasteiger partial charge in [0.25, 0.3) is 0 Å². The molecule has 0 N–H and O–H groups in total. The molecule has 0 fully saturated rings. The summed E-state index contributed by atoms with van der Waals surface area (Å²) in [6.45, 7) is 3.91. The number of fused-ring (bicyclic) bond motifs is 1. The fraction of sp³-hybridized carbons (Fsp3) is 0.500. The number of ether oxygens (including phenoxy) is 2. The van der Waals surface area contributed by atoms with Crippen molar-refractivity contribution >= 4 is 11.8 Å². The van der Waals surface area contributed by atoms with E-state index in [1.807, 2.05) is 19.1 Å². The van der Waals surface area contributed by atoms with Crippen LogP contribution in [0.4, 0.5) is 0 Å². The first-order valence-corrected chi connectivity index (χ1v) is 6.98. The Bertz CT molecular complexity index is 535. The van der Waals surface area contributed by atoms with Crippen LogP contribution in [0, 0.1) is 5.41 Å². The molecule has 0 heterocycles. The molecule has 0 amide bonds. The Morgan fingerprint density at radius 3 is 2.70 bits per heavy atom. The molecule has 1 aromatic rings. The van der Waals surface area contributed by atoms with Crippen molar-refractivity contribution < 1.29 is 19.1 Å². The number of aryl methyl sites for hydroxylation is 1. The van der Waals surface area contributed by atoms with Gasteiger partial charge in [0, 0.05) is 5.56 Å². The molecule has 108 valence electrons. The van der Waals surface area contributed by atoms with Crippen molar-refractivity contribution in [2.24, 2.45) is 5.41 Å². The van der Waals surface area contributed by atoms with Gasteiger partial charge in [-0.2, -0.15) is 0 Å². The SMILES string of the molecule is CCOC(=O)C1(CC)CCc2ccc(OC)cc2C1=O. The molecule has 1 atom stereocenters. The molecule has 2 rings (SSSR count). The van der Waals surface area contributed by atoms with Crippen LogP contribution in [0.15, 0.2) is 18.2 Å². The second-order valence-corrected chi connectivity index (χ2v) is 5.01. The highest BCUT2D eigenvalue weighted by Gasteiger charge is 2.48. The fourth-order valence-electron chi connectivity index (χ4n) is 2.78. The lowest BCUT2D eigenvalue weighted by Gasteiger charge is -2.33. The second-order valence-electron chi connectivity index (χ2n) is 5.01. The van der Waals surface area contributed by atoms with Gasteiger partial charge >= 0.3 is 5.97 Å². The van der Waals surface area contributed by atoms with Crippen molar-refractivity contribution in [2.45, 2.75) is 33.1 Å². The van der Waals surface area contributed by atoms with E-state index in [0.717, 1.165) is 5.56 Å². The van der Waals surface area contributed by atoms with Gasteiger partial charge in [-0.05, 0) is 43.9 Å². The first-order chi connectivity index (χ1) is 9.58. The zero-order chi connectivity index (χ0) is 14.8. The third-order valence-corrected chi connectivity index (χ3v) is 4.09. The number of hydrogen-bond donors (Lipinski definition) is 0. The predicted molar refractivity (Wildman–Crippen MR) is 75.0 cm³/mol. The Kier molecular flexibility index (Phi) is 4.12. The maximum absolute atomic E-state index is 12.8. The third kappa shape index (κ3) is 2.19. The van der Waals surface area contributed by atoms with E-state index >= 15 is 0 Å². The monoisotopic (exact) mass is 276 g/mol. The van der Waals surface area contributed by atoms with Gasteiger partial charge in [-0.25, -0.2) is 0 Å². The van der Waals surface area contributed by atoms with Crippen molar-refractivity contribution in [3.05, 3.63) is 29.3 Å². The standard InChI is InChI=1S/C16H20O4/c1-4-16(15(18)20-5-2)9-8-11-6-7-12(19-3)10-13(11)14(16)17/h6-7,10H,4-5,8-9H2,1-3H3. The second kappa shape index (κ2) is 5.65. The minimum atomic E-state index is -1.03. The number of Topliss-reactive ketones (excluding diaryl/α,β-unsaturated/α-hetero) is 1. The summed E-state index contributed by atoms with van der Waals surface area (Å²) in [5.74, 6) is 0.0902. The molecule has 0 spiro atoms. The van der Waals surface area contributed by atoms with Crippen molar-refractivity contribution in [1.29, 1.82) is 0 Å². The lowest BCUT2D eigenvalue weighted by Crippen LogP contribution is -2.43. The Morgan fingerprint density at radius 2 is 2.10 bits per heavy atom. The van der Waals surface area contributed by atoms with Gasteiger partial charge in [-0.1, -0.05) is 13.0 Å². The molecule has 0 aromatic heterocycles. The van der Waals surface area contributed by atoms with E-state index in [1.165, 1.54) is 0 Å². The highest BCUT2D eigenvalue weighted by molar-refractivity contribution is 6.14. The summed E-state index contributed by atoms with van der Waals surface area (Å²) in [4.78, 5) is 25.0. The molecule has 4 heteroatoms. The number of methoxy groups -OCH3 is 1. The van der Waals surface area contributed by atoms with Gasteiger partial charge in [0.2, 0.25) is 0 Å². The van der Waals surface area contributed by atoms with Crippen LogP contribution in [0.3, 0.4) is 0 Å². The van der Waals surface area contributed by atoms with Crippen LogP contribution < -0.4 is 4.74 Å². The molecular weight excluding hydrogens is 256 g/mol. The first-order valence-electron chi connectivity index (χ1n) is 6.98. The zero-order valence-electron chi connectivity index (χ0n) is 12.2. The van der Waals surface area contributed by atoms with E-state index in [0.29, 0.717) is 37.2 Å². The molecule has 0 aliphatic heterocycles. The average Bonchev–Trinajstić information content (AvgIpc) is 2.48. The summed E-state index contributed by atoms with van der Waals surface area (Å²) in [6.07, 6.45) is 1.68. The summed E-state index contributed by atoms with van der Waals surface area (Å²) in [5, 5.41) is 0. The van der Waals surface area contributed by atoms with Crippen molar-refractivity contribution in [3.8, 4) is 5.75 Å². The zero-order valence-corrected chi connectivity index (χ0v) is 12.2. The number of esters is 1. The minimum Gasteiger partial charge on any atom is -0.497 e. The highest BCUT2D eigenvalue weighted by atomic mass is 16.5. The fourth-order valence-corrected chi connectivity index (χ4v) is 2.78. The van der Waals surface area contributed by atoms with E-state index in [2.05, 4.69) is 0 Å². The lowest BCUT2D eigenvalue weighted by molar-refractivity contribution is -0.153. The highest BCUT2D eigenvalue weighted by Crippen LogP contribution is 2.40. The van der Waals surface area contributed by atoms with Crippen molar-refractivity contribution in [2.75, 3.05) is 13.7 Å². The molecule has 1 aliphatic rings. The van der Waals surface area contributed by atoms with E-state index in [9.17, 15) is 9.59 Å². The summed E-state index contributed by atoms with van der Waals surface area (Å²) in [6, 6.07) is 5.46. The van der Waals surface area contributed by atoms with Gasteiger partial charge in [0.05, 0.1) is 13.7 Å². The summed E-state index contributed by atoms with van der Waals surface area (Å²) in [7, 11) is 1.56. The molecule has 4 nitrogen and oxygen atoms in total. The smallest absolute Gasteiger partial charge is 0.320 e. The molecule has 20 heavy (non-hydrogen) atoms. The molecule has 1 aromatic carbocycles. The molecular formula is C16H20O4. The number of carbonyl (C=O) groups excluding carboxylic acids is 2. The molecule has 1 unspecified atom stereocenters. The Morgan fingerprint density at radius 1 is 1.35 bits per heavy atom. The molecule has 0 saturated carbocycles. The van der Waals surface area contributed by atoms with Gasteiger partial charge in [-0.3, -0.25) is 9.59 Å². The molecule has 0 radical (unpaired) electrons. The van der Waals surface area contributed by atoms with Gasteiger partial charge in [0.1, 0.15) is 11.2 Å². The first kappa shape index (κ1) is 14.6. The van der Waals surface area contributed by atoms with Crippen LogP contribution >= 0.6 is 0 Å². The van der Waals surface area contributed by atoms with Crippen LogP contribution in [-0.2, 0) is 16.0 Å². The average molecular weight is 276 g/mol. The van der Waals surface area contributed by atoms with Crippen LogP contribution in [-0.4, -0.2) is 25.5 Å². The van der Waals surface area contributed by atoms with Crippen LogP contribution in [0.1, 0.15) is 42.6 Å². The summed E-state index contributed by atoms with van der Waals surface area (Å²) < 4.78 is 10.3. The topological polar surface area (TPSA) is 52.6 Å². The van der Waals surface area contributed by atoms with E-state index in [-0.39, 0.29) is 5.78 Å². The van der Waals surface area contributed by atoms with Gasteiger partial charge in [-0.15, -0.1) is 0 Å². The Balaban J connectivity index is 2.45. The lowest BCUT2D eigenvalue weighted by atomic mass is 9.69. The number of hydrogen-bond acceptors (Lipinski definition) is 4. The summed E-state index contributed by atoms with van der Waals surface area (Å²) in [5.41, 5.74) is 0.532. The van der Waals surface area contributed by atoms with Gasteiger partial charge < -0.3 is 9.47 Å². The molecule has 0 bridgehead atoms. The molecule has 1 aliphatic carbocycles. The van der Waals surface area contributed by atoms with E-state index in [1.54, 1.807) is 20.1 Å². The maximum Gasteiger partial charge on any atom is 0.320 e. The van der Waals surface area contributed by atoms with Crippen LogP contribution in [0.2, 0.25) is 0 Å². The molecule has 0 saturated heterocycles. The Hall–Kier alpha value is -1.84. The normalized spacial score (nSPS) is 21.2. The summed E-state index contributed by atoms with van der Waals surface area (Å²) >= 11 is 0. The minimum absolute atomic E-state index is 0.140. The quantitative estimate of drug-likeness (QED) is 0.627.